The summed E-state index contributed by atoms with van der Waals surface area (Å²) in [4.78, 5) is 50.1. The van der Waals surface area contributed by atoms with Gasteiger partial charge in [-0.15, -0.1) is 0 Å². The van der Waals surface area contributed by atoms with Gasteiger partial charge in [-0.1, -0.05) is 23.2 Å². The number of benzene rings is 2. The molecule has 0 bridgehead atoms. The van der Waals surface area contributed by atoms with Gasteiger partial charge in [-0.3, -0.25) is 20.2 Å². The molecule has 188 valence electrons. The van der Waals surface area contributed by atoms with Crippen LogP contribution in [0.25, 0.3) is 0 Å². The van der Waals surface area contributed by atoms with Crippen LogP contribution in [0.2, 0.25) is 10.0 Å². The SMILES string of the molecule is CN1C(=O)NC(=O)[C@@]12Cc1cc(N)c(Cl)cc1C2.CN1C(=O)NC(=O)[C@@]12Cc1cc(N)c(Cl)cc1C2. The Kier molecular flexibility index (Phi) is 5.38. The van der Waals surface area contributed by atoms with Crippen LogP contribution >= 0.6 is 23.2 Å². The topological polar surface area (TPSA) is 151 Å². The van der Waals surface area contributed by atoms with Crippen molar-refractivity contribution in [3.63, 3.8) is 0 Å². The van der Waals surface area contributed by atoms with Gasteiger partial charge in [-0.25, -0.2) is 9.59 Å². The largest absolute Gasteiger partial charge is 0.398 e. The Bertz CT molecular complexity index is 1210. The van der Waals surface area contributed by atoms with E-state index in [4.69, 9.17) is 34.7 Å². The molecule has 4 aliphatic rings. The third-order valence-electron chi connectivity index (χ3n) is 7.75. The van der Waals surface area contributed by atoms with E-state index < -0.39 is 11.1 Å². The van der Waals surface area contributed by atoms with Crippen molar-refractivity contribution in [1.82, 2.24) is 20.4 Å². The van der Waals surface area contributed by atoms with Crippen LogP contribution in [0.1, 0.15) is 22.3 Å². The molecule has 0 saturated carbocycles. The molecule has 2 aromatic carbocycles. The number of rotatable bonds is 0. The lowest BCUT2D eigenvalue weighted by molar-refractivity contribution is -0.126. The van der Waals surface area contributed by atoms with Crippen molar-refractivity contribution in [2.45, 2.75) is 36.8 Å². The van der Waals surface area contributed by atoms with Gasteiger partial charge in [0.25, 0.3) is 11.8 Å². The van der Waals surface area contributed by atoms with Crippen molar-refractivity contribution in [2.75, 3.05) is 25.6 Å². The van der Waals surface area contributed by atoms with E-state index in [9.17, 15) is 19.2 Å². The molecule has 2 aromatic rings. The third-order valence-corrected chi connectivity index (χ3v) is 8.40. The molecule has 6 rings (SSSR count). The summed E-state index contributed by atoms with van der Waals surface area (Å²) in [5.74, 6) is -0.498. The number of carbonyl (C=O) groups is 4. The van der Waals surface area contributed by atoms with Crippen LogP contribution < -0.4 is 22.1 Å². The molecule has 36 heavy (non-hydrogen) atoms. The van der Waals surface area contributed by atoms with E-state index in [0.717, 1.165) is 22.3 Å². The number of nitrogens with zero attached hydrogens (tertiary/aromatic N) is 2. The number of anilines is 2. The highest BCUT2D eigenvalue weighted by Gasteiger charge is 2.55. The van der Waals surface area contributed by atoms with Crippen molar-refractivity contribution in [2.24, 2.45) is 0 Å². The molecule has 2 spiro atoms. The molecule has 12 heteroatoms. The molecule has 6 amide bonds. The molecule has 6 N–H and O–H groups in total. The van der Waals surface area contributed by atoms with Gasteiger partial charge >= 0.3 is 12.1 Å². The molecule has 2 heterocycles. The maximum absolute atomic E-state index is 12.0. The van der Waals surface area contributed by atoms with Crippen LogP contribution in [0, 0.1) is 0 Å². The fourth-order valence-corrected chi connectivity index (χ4v) is 5.86. The third kappa shape index (κ3) is 3.39. The van der Waals surface area contributed by atoms with Gasteiger partial charge in [0, 0.05) is 39.8 Å². The predicted molar refractivity (Wildman–Crippen MR) is 135 cm³/mol. The highest BCUT2D eigenvalue weighted by molar-refractivity contribution is 6.33. The number of urea groups is 2. The first-order valence-corrected chi connectivity index (χ1v) is 12.0. The van der Waals surface area contributed by atoms with Gasteiger partial charge in [-0.2, -0.15) is 0 Å². The fourth-order valence-electron chi connectivity index (χ4n) is 5.48. The van der Waals surface area contributed by atoms with Gasteiger partial charge in [0.15, 0.2) is 0 Å². The van der Waals surface area contributed by atoms with Crippen LogP contribution in [0.3, 0.4) is 0 Å². The molecule has 2 aliphatic heterocycles. The molecular formula is C24H24Cl2N6O4. The Morgan fingerprint density at radius 2 is 0.972 bits per heavy atom. The summed E-state index contributed by atoms with van der Waals surface area (Å²) in [5.41, 5.74) is 14.8. The molecule has 0 radical (unpaired) electrons. The Hall–Kier alpha value is -3.50. The second-order valence-electron chi connectivity index (χ2n) is 9.69. The van der Waals surface area contributed by atoms with E-state index in [1.54, 1.807) is 38.4 Å². The smallest absolute Gasteiger partial charge is 0.324 e. The first-order valence-electron chi connectivity index (χ1n) is 11.2. The summed E-state index contributed by atoms with van der Waals surface area (Å²) < 4.78 is 0. The molecule has 2 fully saturated rings. The second-order valence-corrected chi connectivity index (χ2v) is 10.5. The number of nitrogens with one attached hydrogen (secondary N) is 2. The number of imide groups is 2. The van der Waals surface area contributed by atoms with E-state index in [1.165, 1.54) is 9.80 Å². The quantitative estimate of drug-likeness (QED) is 0.301. The molecule has 2 saturated heterocycles. The van der Waals surface area contributed by atoms with E-state index in [2.05, 4.69) is 10.6 Å². The van der Waals surface area contributed by atoms with Crippen molar-refractivity contribution < 1.29 is 19.2 Å². The van der Waals surface area contributed by atoms with Gasteiger partial charge in [-0.05, 0) is 46.5 Å². The molecule has 2 aliphatic carbocycles. The Labute approximate surface area is 216 Å². The van der Waals surface area contributed by atoms with E-state index in [-0.39, 0.29) is 23.9 Å². The maximum Gasteiger partial charge on any atom is 0.324 e. The molecular weight excluding hydrogens is 507 g/mol. The summed E-state index contributed by atoms with van der Waals surface area (Å²) in [6, 6.07) is 6.43. The van der Waals surface area contributed by atoms with Gasteiger partial charge < -0.3 is 21.3 Å². The van der Waals surface area contributed by atoms with Crippen LogP contribution in [0.5, 0.6) is 0 Å². The standard InChI is InChI=1S/2C12H12ClN3O2/c2*1-16-11(18)15-10(17)12(16)4-6-2-8(13)9(14)3-7(6)5-12/h2*2-3H,4-5,14H2,1H3,(H,15,17,18)/t2*12-/m11/s1. The van der Waals surface area contributed by atoms with E-state index >= 15 is 0 Å². The number of likely N-dealkylation sites (N-methyl/N-ethyl adjacent to an activating group) is 2. The molecule has 10 nitrogen and oxygen atoms in total. The van der Waals surface area contributed by atoms with E-state index in [0.29, 0.717) is 47.1 Å². The Morgan fingerprint density at radius 1 is 0.667 bits per heavy atom. The van der Waals surface area contributed by atoms with Crippen LogP contribution in [-0.4, -0.2) is 58.8 Å². The summed E-state index contributed by atoms with van der Waals surface area (Å²) in [7, 11) is 3.27. The second kappa shape index (κ2) is 8.01. The van der Waals surface area contributed by atoms with Crippen molar-refractivity contribution in [3.05, 3.63) is 56.6 Å². The van der Waals surface area contributed by atoms with Gasteiger partial charge in [0.1, 0.15) is 11.1 Å². The zero-order valence-electron chi connectivity index (χ0n) is 19.6. The molecule has 0 unspecified atom stereocenters. The van der Waals surface area contributed by atoms with Crippen LogP contribution in [-0.2, 0) is 35.3 Å². The number of hydrogen-bond donors (Lipinski definition) is 4. The number of amides is 6. The lowest BCUT2D eigenvalue weighted by Gasteiger charge is -2.27. The minimum absolute atomic E-state index is 0.249. The fraction of sp³-hybridized carbons (Fsp3) is 0.333. The predicted octanol–water partition coefficient (Wildman–Crippen LogP) is 1.88. The molecule has 2 atom stereocenters. The number of nitrogen functional groups attached to an aromatic ring is 2. The number of hydrogen-bond acceptors (Lipinski definition) is 6. The number of halogens is 2. The lowest BCUT2D eigenvalue weighted by atomic mass is 9.95. The Morgan fingerprint density at radius 3 is 1.25 bits per heavy atom. The number of fused-ring (bicyclic) bond motifs is 2. The average Bonchev–Trinajstić information content (AvgIpc) is 3.48. The van der Waals surface area contributed by atoms with Crippen molar-refractivity contribution >= 4 is 58.5 Å². The zero-order valence-corrected chi connectivity index (χ0v) is 21.1. The Balaban J connectivity index is 0.000000148. The van der Waals surface area contributed by atoms with Crippen LogP contribution in [0.4, 0.5) is 21.0 Å². The minimum Gasteiger partial charge on any atom is -0.398 e. The number of nitrogens with two attached hydrogens (primary N) is 2. The lowest BCUT2D eigenvalue weighted by Crippen LogP contribution is -2.48. The monoisotopic (exact) mass is 530 g/mol. The van der Waals surface area contributed by atoms with Gasteiger partial charge in [0.2, 0.25) is 0 Å². The van der Waals surface area contributed by atoms with Gasteiger partial charge in [0.05, 0.1) is 21.4 Å². The summed E-state index contributed by atoms with van der Waals surface area (Å²) in [6.45, 7) is 0. The van der Waals surface area contributed by atoms with Crippen molar-refractivity contribution in [1.29, 1.82) is 0 Å². The summed E-state index contributed by atoms with van der Waals surface area (Å²) >= 11 is 12.0. The first kappa shape index (κ1) is 24.2. The minimum atomic E-state index is -0.809. The van der Waals surface area contributed by atoms with Crippen molar-refractivity contribution in [3.8, 4) is 0 Å². The van der Waals surface area contributed by atoms with Crippen LogP contribution in [0.15, 0.2) is 24.3 Å². The zero-order chi connectivity index (χ0) is 26.2. The van der Waals surface area contributed by atoms with E-state index in [1.807, 2.05) is 0 Å². The first-order chi connectivity index (χ1) is 16.9. The average molecular weight is 531 g/mol. The normalized spacial score (nSPS) is 25.8. The maximum atomic E-state index is 12.0. The summed E-state index contributed by atoms with van der Waals surface area (Å²) in [5, 5.41) is 5.66. The number of carbonyl (C=O) groups excluding carboxylic acids is 4. The highest BCUT2D eigenvalue weighted by Crippen LogP contribution is 2.41. The molecule has 0 aromatic heterocycles. The summed E-state index contributed by atoms with van der Waals surface area (Å²) in [6.07, 6.45) is 1.93. The highest BCUT2D eigenvalue weighted by atomic mass is 35.5.